The molecule has 0 atom stereocenters. The first-order valence-electron chi connectivity index (χ1n) is 6.96. The average molecular weight is 327 g/mol. The largest absolute Gasteiger partial charge is 0.461 e. The summed E-state index contributed by atoms with van der Waals surface area (Å²) >= 11 is 1.38. The Morgan fingerprint density at radius 2 is 2.13 bits per heavy atom. The van der Waals surface area contributed by atoms with E-state index in [9.17, 15) is 9.59 Å². The van der Waals surface area contributed by atoms with Crippen molar-refractivity contribution >= 4 is 23.6 Å². The zero-order valence-corrected chi connectivity index (χ0v) is 13.1. The van der Waals surface area contributed by atoms with Crippen molar-refractivity contribution in [1.82, 2.24) is 14.8 Å². The van der Waals surface area contributed by atoms with Crippen LogP contribution in [0.25, 0.3) is 16.4 Å². The summed E-state index contributed by atoms with van der Waals surface area (Å²) in [6.45, 7) is 1.92. The molecular weight excluding hydrogens is 314 g/mol. The Kier molecular flexibility index (Phi) is 4.29. The number of carbonyl (C=O) groups is 2. The van der Waals surface area contributed by atoms with E-state index < -0.39 is 5.97 Å². The van der Waals surface area contributed by atoms with Gasteiger partial charge in [0.05, 0.1) is 17.9 Å². The molecule has 0 unspecified atom stereocenters. The van der Waals surface area contributed by atoms with Gasteiger partial charge < -0.3 is 4.74 Å². The van der Waals surface area contributed by atoms with E-state index in [-0.39, 0.29) is 17.9 Å². The number of hydrogen-bond donors (Lipinski definition) is 0. The molecule has 0 aliphatic heterocycles. The van der Waals surface area contributed by atoms with E-state index in [0.29, 0.717) is 11.4 Å². The van der Waals surface area contributed by atoms with E-state index >= 15 is 0 Å². The molecular formula is C16H13N3O3S. The molecule has 6 nitrogen and oxygen atoms in total. The minimum atomic E-state index is -0.617. The molecule has 2 aromatic heterocycles. The first-order chi connectivity index (χ1) is 11.2. The Morgan fingerprint density at radius 1 is 1.35 bits per heavy atom. The van der Waals surface area contributed by atoms with Crippen LogP contribution >= 0.6 is 11.3 Å². The van der Waals surface area contributed by atoms with Gasteiger partial charge in [-0.3, -0.25) is 4.79 Å². The number of thiazole rings is 1. The van der Waals surface area contributed by atoms with Crippen LogP contribution in [0.4, 0.5) is 0 Å². The molecule has 2 heterocycles. The summed E-state index contributed by atoms with van der Waals surface area (Å²) in [6.07, 6.45) is 2.06. The Labute approximate surface area is 136 Å². The summed E-state index contributed by atoms with van der Waals surface area (Å²) in [5.74, 6) is -0.617. The Morgan fingerprint density at radius 3 is 2.83 bits per heavy atom. The molecule has 3 aromatic rings. The number of aromatic nitrogens is 3. The lowest BCUT2D eigenvalue weighted by atomic mass is 10.2. The summed E-state index contributed by atoms with van der Waals surface area (Å²) < 4.78 is 6.33. The molecule has 0 N–H and O–H groups in total. The fraction of sp³-hybridized carbons (Fsp3) is 0.125. The molecule has 116 valence electrons. The van der Waals surface area contributed by atoms with Crippen molar-refractivity contribution in [2.75, 3.05) is 6.61 Å². The molecule has 1 aromatic carbocycles. The van der Waals surface area contributed by atoms with Crippen molar-refractivity contribution in [2.45, 2.75) is 6.92 Å². The Balaban J connectivity index is 1.95. The molecule has 23 heavy (non-hydrogen) atoms. The maximum Gasteiger partial charge on any atom is 0.359 e. The maximum atomic E-state index is 11.8. The molecule has 0 saturated heterocycles. The van der Waals surface area contributed by atoms with Crippen LogP contribution in [0.3, 0.4) is 0 Å². The SMILES string of the molecule is CCOC(=O)c1nn(-c2nc(-c3ccccc3)cs2)cc1C=O. The van der Waals surface area contributed by atoms with Gasteiger partial charge in [-0.15, -0.1) is 11.3 Å². The van der Waals surface area contributed by atoms with Gasteiger partial charge in [0.2, 0.25) is 5.13 Å². The van der Waals surface area contributed by atoms with Crippen molar-refractivity contribution < 1.29 is 14.3 Å². The van der Waals surface area contributed by atoms with Crippen LogP contribution < -0.4 is 0 Å². The topological polar surface area (TPSA) is 74.1 Å². The van der Waals surface area contributed by atoms with Crippen LogP contribution in [0, 0.1) is 0 Å². The highest BCUT2D eigenvalue weighted by atomic mass is 32.1. The predicted molar refractivity (Wildman–Crippen MR) is 86.0 cm³/mol. The van der Waals surface area contributed by atoms with Gasteiger partial charge in [-0.2, -0.15) is 5.10 Å². The molecule has 0 radical (unpaired) electrons. The molecule has 0 bridgehead atoms. The lowest BCUT2D eigenvalue weighted by Crippen LogP contribution is -2.08. The van der Waals surface area contributed by atoms with Crippen LogP contribution in [0.1, 0.15) is 27.8 Å². The van der Waals surface area contributed by atoms with Gasteiger partial charge in [-0.25, -0.2) is 14.5 Å². The summed E-state index contributed by atoms with van der Waals surface area (Å²) in [4.78, 5) is 27.4. The van der Waals surface area contributed by atoms with Crippen LogP contribution in [-0.2, 0) is 4.74 Å². The number of hydrogen-bond acceptors (Lipinski definition) is 6. The predicted octanol–water partition coefficient (Wildman–Crippen LogP) is 2.99. The van der Waals surface area contributed by atoms with Gasteiger partial charge in [0.15, 0.2) is 12.0 Å². The molecule has 0 saturated carbocycles. The molecule has 3 rings (SSSR count). The zero-order valence-electron chi connectivity index (χ0n) is 12.3. The van der Waals surface area contributed by atoms with Gasteiger partial charge in [-0.05, 0) is 6.92 Å². The molecule has 0 aliphatic carbocycles. The van der Waals surface area contributed by atoms with Crippen molar-refractivity contribution in [3.63, 3.8) is 0 Å². The molecule has 0 aliphatic rings. The number of esters is 1. The smallest absolute Gasteiger partial charge is 0.359 e. The van der Waals surface area contributed by atoms with Crippen LogP contribution in [0.2, 0.25) is 0 Å². The first-order valence-corrected chi connectivity index (χ1v) is 7.84. The summed E-state index contributed by atoms with van der Waals surface area (Å²) in [5, 5.41) is 6.61. The van der Waals surface area contributed by atoms with E-state index in [1.807, 2.05) is 35.7 Å². The molecule has 0 amide bonds. The third-order valence-corrected chi connectivity index (χ3v) is 3.93. The number of carbonyl (C=O) groups excluding carboxylic acids is 2. The van der Waals surface area contributed by atoms with Gasteiger partial charge in [-0.1, -0.05) is 30.3 Å². The number of rotatable bonds is 5. The van der Waals surface area contributed by atoms with Crippen molar-refractivity contribution in [2.24, 2.45) is 0 Å². The number of aldehydes is 1. The lowest BCUT2D eigenvalue weighted by molar-refractivity contribution is 0.0517. The second kappa shape index (κ2) is 6.53. The Bertz CT molecular complexity index is 839. The highest BCUT2D eigenvalue weighted by Gasteiger charge is 2.19. The van der Waals surface area contributed by atoms with Crippen molar-refractivity contribution in [1.29, 1.82) is 0 Å². The lowest BCUT2D eigenvalue weighted by Gasteiger charge is -1.98. The highest BCUT2D eigenvalue weighted by Crippen LogP contribution is 2.24. The van der Waals surface area contributed by atoms with Crippen LogP contribution in [0.15, 0.2) is 41.9 Å². The summed E-state index contributed by atoms with van der Waals surface area (Å²) in [7, 11) is 0. The molecule has 7 heteroatoms. The molecule has 0 spiro atoms. The van der Waals surface area contributed by atoms with Gasteiger partial charge in [0, 0.05) is 17.1 Å². The van der Waals surface area contributed by atoms with E-state index in [4.69, 9.17) is 4.74 Å². The quantitative estimate of drug-likeness (QED) is 0.532. The Hall–Kier alpha value is -2.80. The summed E-state index contributed by atoms with van der Waals surface area (Å²) in [6, 6.07) is 9.73. The van der Waals surface area contributed by atoms with Gasteiger partial charge in [0.1, 0.15) is 0 Å². The second-order valence-electron chi connectivity index (χ2n) is 4.60. The molecule has 0 fully saturated rings. The van der Waals surface area contributed by atoms with E-state index in [2.05, 4.69) is 10.1 Å². The third kappa shape index (κ3) is 3.04. The third-order valence-electron chi connectivity index (χ3n) is 3.10. The van der Waals surface area contributed by atoms with E-state index in [1.165, 1.54) is 22.2 Å². The normalized spacial score (nSPS) is 10.5. The maximum absolute atomic E-state index is 11.8. The highest BCUT2D eigenvalue weighted by molar-refractivity contribution is 7.12. The minimum absolute atomic E-state index is 0.00156. The fourth-order valence-electron chi connectivity index (χ4n) is 2.04. The second-order valence-corrected chi connectivity index (χ2v) is 5.43. The van der Waals surface area contributed by atoms with Crippen molar-refractivity contribution in [3.8, 4) is 16.4 Å². The van der Waals surface area contributed by atoms with E-state index in [0.717, 1.165) is 11.3 Å². The first kappa shape index (κ1) is 15.1. The zero-order chi connectivity index (χ0) is 16.2. The number of nitrogens with zero attached hydrogens (tertiary/aromatic N) is 3. The van der Waals surface area contributed by atoms with Gasteiger partial charge >= 0.3 is 5.97 Å². The van der Waals surface area contributed by atoms with Crippen LogP contribution in [-0.4, -0.2) is 33.6 Å². The fourth-order valence-corrected chi connectivity index (χ4v) is 2.80. The summed E-state index contributed by atoms with van der Waals surface area (Å²) in [5.41, 5.74) is 1.98. The number of ether oxygens (including phenoxy) is 1. The monoisotopic (exact) mass is 327 g/mol. The number of benzene rings is 1. The van der Waals surface area contributed by atoms with Crippen molar-refractivity contribution in [3.05, 3.63) is 53.2 Å². The standard InChI is InChI=1S/C16H13N3O3S/c1-2-22-15(21)14-12(9-20)8-19(18-14)16-17-13(10-23-16)11-6-4-3-5-7-11/h3-10H,2H2,1H3. The van der Waals surface area contributed by atoms with Gasteiger partial charge in [0.25, 0.3) is 0 Å². The average Bonchev–Trinajstić information content (AvgIpc) is 3.22. The van der Waals surface area contributed by atoms with Crippen LogP contribution in [0.5, 0.6) is 0 Å². The minimum Gasteiger partial charge on any atom is -0.461 e. The van der Waals surface area contributed by atoms with E-state index in [1.54, 1.807) is 6.92 Å².